The van der Waals surface area contributed by atoms with Crippen LogP contribution in [0.3, 0.4) is 0 Å². The number of pyridine rings is 1. The number of benzene rings is 1. The molecule has 9 nitrogen and oxygen atoms in total. The first-order valence-electron chi connectivity index (χ1n) is 11.0. The maximum absolute atomic E-state index is 12.5. The average molecular weight is 508 g/mol. The highest BCUT2D eigenvalue weighted by Crippen LogP contribution is 2.30. The van der Waals surface area contributed by atoms with Gasteiger partial charge in [-0.3, -0.25) is 9.78 Å². The topological polar surface area (TPSA) is 107 Å². The predicted octanol–water partition coefficient (Wildman–Crippen LogP) is 3.22. The largest absolute Gasteiger partial charge is 0.377 e. The zero-order valence-electron chi connectivity index (χ0n) is 17.7. The number of rotatable bonds is 5. The maximum Gasteiger partial charge on any atom is 0.224 e. The minimum absolute atomic E-state index is 0.0118. The van der Waals surface area contributed by atoms with E-state index in [1.165, 1.54) is 0 Å². The highest BCUT2D eigenvalue weighted by molar-refractivity contribution is 9.10. The third kappa shape index (κ3) is 3.93. The van der Waals surface area contributed by atoms with Gasteiger partial charge in [0.25, 0.3) is 0 Å². The van der Waals surface area contributed by atoms with Crippen molar-refractivity contribution in [3.8, 4) is 5.69 Å². The van der Waals surface area contributed by atoms with Crippen LogP contribution in [0.25, 0.3) is 27.6 Å². The molecule has 2 fully saturated rings. The van der Waals surface area contributed by atoms with Gasteiger partial charge in [0.2, 0.25) is 11.9 Å². The molecule has 2 atom stereocenters. The summed E-state index contributed by atoms with van der Waals surface area (Å²) in [5, 5.41) is 13.0. The van der Waals surface area contributed by atoms with E-state index in [1.54, 1.807) is 12.4 Å². The normalized spacial score (nSPS) is 20.8. The Morgan fingerprint density at radius 1 is 1.15 bits per heavy atom. The number of anilines is 1. The van der Waals surface area contributed by atoms with Crippen molar-refractivity contribution in [2.45, 2.75) is 31.3 Å². The second kappa shape index (κ2) is 8.35. The fraction of sp³-hybridized carbons (Fsp3) is 0.348. The van der Waals surface area contributed by atoms with Crippen LogP contribution in [0, 0.1) is 5.92 Å². The molecule has 0 bridgehead atoms. The van der Waals surface area contributed by atoms with E-state index >= 15 is 0 Å². The Bertz CT molecular complexity index is 1350. The van der Waals surface area contributed by atoms with Gasteiger partial charge >= 0.3 is 0 Å². The van der Waals surface area contributed by atoms with E-state index in [9.17, 15) is 4.79 Å². The summed E-state index contributed by atoms with van der Waals surface area (Å²) in [4.78, 5) is 26.1. The summed E-state index contributed by atoms with van der Waals surface area (Å²) < 4.78 is 7.64. The molecule has 168 valence electrons. The first-order chi connectivity index (χ1) is 16.1. The quantitative estimate of drug-likeness (QED) is 0.427. The number of aromatic nitrogens is 5. The number of nitrogens with zero attached hydrogens (tertiary/aromatic N) is 5. The summed E-state index contributed by atoms with van der Waals surface area (Å²) in [5.74, 6) is 0.673. The van der Waals surface area contributed by atoms with Crippen molar-refractivity contribution in [3.63, 3.8) is 0 Å². The molecule has 1 aromatic carbocycles. The van der Waals surface area contributed by atoms with Crippen molar-refractivity contribution in [1.82, 2.24) is 30.0 Å². The van der Waals surface area contributed by atoms with E-state index in [0.717, 1.165) is 41.2 Å². The van der Waals surface area contributed by atoms with Gasteiger partial charge in [-0.05, 0) is 59.5 Å². The molecule has 0 radical (unpaired) electrons. The van der Waals surface area contributed by atoms with Crippen LogP contribution in [0.15, 0.2) is 47.3 Å². The van der Waals surface area contributed by atoms with Crippen molar-refractivity contribution < 1.29 is 9.53 Å². The van der Waals surface area contributed by atoms with E-state index in [0.29, 0.717) is 29.4 Å². The van der Waals surface area contributed by atoms with E-state index in [2.05, 4.69) is 41.6 Å². The van der Waals surface area contributed by atoms with Crippen molar-refractivity contribution in [2.75, 3.05) is 18.5 Å². The van der Waals surface area contributed by atoms with Crippen molar-refractivity contribution in [2.24, 2.45) is 5.92 Å². The van der Waals surface area contributed by atoms with Crippen LogP contribution < -0.4 is 10.6 Å². The van der Waals surface area contributed by atoms with E-state index < -0.39 is 0 Å². The lowest BCUT2D eigenvalue weighted by Crippen LogP contribution is -2.50. The van der Waals surface area contributed by atoms with Gasteiger partial charge in [0, 0.05) is 29.7 Å². The van der Waals surface area contributed by atoms with E-state index in [4.69, 9.17) is 9.72 Å². The highest BCUT2D eigenvalue weighted by atomic mass is 79.9. The summed E-state index contributed by atoms with van der Waals surface area (Å²) in [5.41, 5.74) is 2.53. The van der Waals surface area contributed by atoms with Crippen molar-refractivity contribution in [3.05, 3.63) is 47.3 Å². The number of nitrogens with one attached hydrogen (secondary N) is 2. The third-order valence-corrected chi connectivity index (χ3v) is 6.92. The Labute approximate surface area is 198 Å². The zero-order chi connectivity index (χ0) is 22.4. The first kappa shape index (κ1) is 20.5. The molecular weight excluding hydrogens is 486 g/mol. The van der Waals surface area contributed by atoms with Crippen molar-refractivity contribution >= 4 is 49.7 Å². The van der Waals surface area contributed by atoms with Gasteiger partial charge in [0.1, 0.15) is 4.60 Å². The lowest BCUT2D eigenvalue weighted by atomic mass is 10.1. The monoisotopic (exact) mass is 507 g/mol. The molecule has 10 heteroatoms. The first-order valence-corrected chi connectivity index (χ1v) is 11.8. The van der Waals surface area contributed by atoms with Crippen LogP contribution in [0.5, 0.6) is 0 Å². The molecule has 33 heavy (non-hydrogen) atoms. The number of amides is 1. The molecule has 0 spiro atoms. The molecule has 1 aliphatic heterocycles. The third-order valence-electron chi connectivity index (χ3n) is 6.33. The molecule has 3 aromatic heterocycles. The van der Waals surface area contributed by atoms with Gasteiger partial charge in [-0.2, -0.15) is 10.1 Å². The van der Waals surface area contributed by atoms with Crippen LogP contribution >= 0.6 is 15.9 Å². The van der Waals surface area contributed by atoms with Gasteiger partial charge in [-0.1, -0.05) is 6.07 Å². The lowest BCUT2D eigenvalue weighted by Gasteiger charge is -2.28. The number of carbonyl (C=O) groups is 1. The summed E-state index contributed by atoms with van der Waals surface area (Å²) in [6.45, 7) is 1.23. The SMILES string of the molecule is O=C(NC1COC1)[C@@H]1CC[C@@H](Nc2ncc3c(Br)nn(-c4ccc5ncccc5c4)c3n2)C1. The molecule has 6 rings (SSSR count). The molecule has 2 aliphatic rings. The van der Waals surface area contributed by atoms with Crippen LogP contribution in [0.1, 0.15) is 19.3 Å². The van der Waals surface area contributed by atoms with E-state index in [1.807, 2.05) is 35.0 Å². The Hall–Kier alpha value is -3.11. The Balaban J connectivity index is 1.23. The molecule has 1 saturated heterocycles. The summed E-state index contributed by atoms with van der Waals surface area (Å²) in [7, 11) is 0. The molecule has 2 N–H and O–H groups in total. The number of fused-ring (bicyclic) bond motifs is 2. The Kier molecular flexibility index (Phi) is 5.18. The van der Waals surface area contributed by atoms with Crippen LogP contribution in [-0.4, -0.2) is 55.9 Å². The number of hydrogen-bond donors (Lipinski definition) is 2. The fourth-order valence-corrected chi connectivity index (χ4v) is 4.92. The van der Waals surface area contributed by atoms with Crippen molar-refractivity contribution in [1.29, 1.82) is 0 Å². The molecule has 4 aromatic rings. The predicted molar refractivity (Wildman–Crippen MR) is 127 cm³/mol. The van der Waals surface area contributed by atoms with Gasteiger partial charge in [-0.25, -0.2) is 9.67 Å². The number of carbonyl (C=O) groups excluding carboxylic acids is 1. The van der Waals surface area contributed by atoms with Crippen LogP contribution in [0.4, 0.5) is 5.95 Å². The second-order valence-corrected chi connectivity index (χ2v) is 9.36. The van der Waals surface area contributed by atoms with Crippen LogP contribution in [-0.2, 0) is 9.53 Å². The molecule has 1 amide bonds. The number of halogens is 1. The number of ether oxygens (including phenoxy) is 1. The van der Waals surface area contributed by atoms with Gasteiger partial charge < -0.3 is 15.4 Å². The van der Waals surface area contributed by atoms with Gasteiger partial charge in [0.05, 0.1) is 35.8 Å². The average Bonchev–Trinajstić information content (AvgIpc) is 3.40. The summed E-state index contributed by atoms with van der Waals surface area (Å²) in [6, 6.07) is 10.3. The van der Waals surface area contributed by atoms with Crippen LogP contribution in [0.2, 0.25) is 0 Å². The lowest BCUT2D eigenvalue weighted by molar-refractivity contribution is -0.129. The fourth-order valence-electron chi connectivity index (χ4n) is 4.48. The minimum Gasteiger partial charge on any atom is -0.377 e. The highest BCUT2D eigenvalue weighted by Gasteiger charge is 2.32. The molecule has 1 aliphatic carbocycles. The molecule has 1 saturated carbocycles. The standard InChI is InChI=1S/C23H22BrN7O2/c24-20-18-10-26-23(28-15-4-3-14(8-15)22(32)27-16-11-33-12-16)29-21(18)31(30-20)17-5-6-19-13(9-17)2-1-7-25-19/h1-2,5-7,9-10,14-16H,3-4,8,11-12H2,(H,27,32)(H,26,28,29)/t14-,15-/m1/s1. The second-order valence-electron chi connectivity index (χ2n) is 8.61. The Morgan fingerprint density at radius 3 is 2.91 bits per heavy atom. The molecule has 4 heterocycles. The molecular formula is C23H22BrN7O2. The zero-order valence-corrected chi connectivity index (χ0v) is 19.3. The molecule has 0 unspecified atom stereocenters. The maximum atomic E-state index is 12.5. The smallest absolute Gasteiger partial charge is 0.224 e. The summed E-state index contributed by atoms with van der Waals surface area (Å²) >= 11 is 3.53. The Morgan fingerprint density at radius 2 is 2.06 bits per heavy atom. The van der Waals surface area contributed by atoms with Gasteiger partial charge in [-0.15, -0.1) is 0 Å². The summed E-state index contributed by atoms with van der Waals surface area (Å²) in [6.07, 6.45) is 6.08. The minimum atomic E-state index is 0.0118. The number of hydrogen-bond acceptors (Lipinski definition) is 7. The van der Waals surface area contributed by atoms with Gasteiger partial charge in [0.15, 0.2) is 5.65 Å². The van der Waals surface area contributed by atoms with E-state index in [-0.39, 0.29) is 23.9 Å².